The van der Waals surface area contributed by atoms with Crippen molar-refractivity contribution >= 4 is 11.6 Å². The van der Waals surface area contributed by atoms with Crippen LogP contribution in [0.4, 0.5) is 0 Å². The maximum absolute atomic E-state index is 5.77. The Labute approximate surface area is 115 Å². The summed E-state index contributed by atoms with van der Waals surface area (Å²) in [6, 6.07) is 0.727. The fourth-order valence-corrected chi connectivity index (χ4v) is 2.81. The van der Waals surface area contributed by atoms with Gasteiger partial charge in [0.25, 0.3) is 0 Å². The van der Waals surface area contributed by atoms with Gasteiger partial charge in [-0.3, -0.25) is 9.88 Å². The fourth-order valence-electron chi connectivity index (χ4n) is 2.71. The molecule has 0 amide bonds. The van der Waals surface area contributed by atoms with Gasteiger partial charge in [-0.1, -0.05) is 38.3 Å². The Morgan fingerprint density at radius 1 is 1.28 bits per heavy atom. The topological polar surface area (TPSA) is 29.0 Å². The summed E-state index contributed by atoms with van der Waals surface area (Å²) in [6.45, 7) is 6.58. The van der Waals surface area contributed by atoms with Gasteiger partial charge < -0.3 is 0 Å². The van der Waals surface area contributed by atoms with Crippen LogP contribution in [0, 0.1) is 5.92 Å². The molecule has 0 aromatic carbocycles. The molecule has 1 aliphatic rings. The number of aromatic nitrogens is 2. The van der Waals surface area contributed by atoms with Gasteiger partial charge in [-0.25, -0.2) is 4.98 Å². The van der Waals surface area contributed by atoms with Crippen LogP contribution in [-0.4, -0.2) is 27.5 Å². The Hall–Kier alpha value is -0.670. The number of hydrogen-bond donors (Lipinski definition) is 0. The van der Waals surface area contributed by atoms with Gasteiger partial charge in [0.1, 0.15) is 5.15 Å². The van der Waals surface area contributed by atoms with Crippen molar-refractivity contribution in [2.75, 3.05) is 6.54 Å². The first-order valence-corrected chi connectivity index (χ1v) is 7.23. The summed E-state index contributed by atoms with van der Waals surface area (Å²) in [5, 5.41) is 0.468. The number of nitrogens with zero attached hydrogens (tertiary/aromatic N) is 3. The molecule has 0 radical (unpaired) electrons. The van der Waals surface area contributed by atoms with E-state index >= 15 is 0 Å². The van der Waals surface area contributed by atoms with Gasteiger partial charge >= 0.3 is 0 Å². The molecular formula is C14H22ClN3. The lowest BCUT2D eigenvalue weighted by Crippen LogP contribution is -2.36. The Kier molecular flexibility index (Phi) is 4.95. The molecule has 0 aliphatic heterocycles. The molecule has 2 rings (SSSR count). The van der Waals surface area contributed by atoms with E-state index in [0.717, 1.165) is 24.8 Å². The van der Waals surface area contributed by atoms with Gasteiger partial charge in [0.05, 0.1) is 18.1 Å². The van der Waals surface area contributed by atoms with Gasteiger partial charge in [-0.05, 0) is 18.8 Å². The minimum atomic E-state index is 0.468. The summed E-state index contributed by atoms with van der Waals surface area (Å²) in [7, 11) is 0. The lowest BCUT2D eigenvalue weighted by molar-refractivity contribution is 0.166. The number of hydrogen-bond acceptors (Lipinski definition) is 3. The third-order valence-corrected chi connectivity index (χ3v) is 3.67. The van der Waals surface area contributed by atoms with Crippen LogP contribution in [0.5, 0.6) is 0 Å². The van der Waals surface area contributed by atoms with E-state index in [2.05, 4.69) is 28.7 Å². The predicted molar refractivity (Wildman–Crippen MR) is 74.5 cm³/mol. The second kappa shape index (κ2) is 6.48. The highest BCUT2D eigenvalue weighted by Gasteiger charge is 2.23. The molecule has 0 bridgehead atoms. The van der Waals surface area contributed by atoms with Crippen molar-refractivity contribution in [3.63, 3.8) is 0 Å². The number of halogens is 1. The molecule has 1 heterocycles. The second-order valence-electron chi connectivity index (χ2n) is 5.59. The standard InChI is InChI=1S/C14H22ClN3/c1-11(2)9-18(13-5-3-4-6-13)10-12-7-17-14(15)8-16-12/h7-8,11,13H,3-6,9-10H2,1-2H3. The molecule has 100 valence electrons. The van der Waals surface area contributed by atoms with Crippen LogP contribution in [0.25, 0.3) is 0 Å². The minimum Gasteiger partial charge on any atom is -0.294 e. The zero-order valence-corrected chi connectivity index (χ0v) is 12.0. The van der Waals surface area contributed by atoms with Crippen molar-refractivity contribution in [2.24, 2.45) is 5.92 Å². The van der Waals surface area contributed by atoms with Gasteiger partial charge in [-0.2, -0.15) is 0 Å². The van der Waals surface area contributed by atoms with Crippen LogP contribution < -0.4 is 0 Å². The molecule has 1 aromatic heterocycles. The molecule has 0 N–H and O–H groups in total. The Balaban J connectivity index is 2.01. The van der Waals surface area contributed by atoms with E-state index in [1.54, 1.807) is 12.4 Å². The predicted octanol–water partition coefficient (Wildman–Crippen LogP) is 3.53. The van der Waals surface area contributed by atoms with Crippen molar-refractivity contribution in [3.8, 4) is 0 Å². The summed E-state index contributed by atoms with van der Waals surface area (Å²) < 4.78 is 0. The summed E-state index contributed by atoms with van der Waals surface area (Å²) in [6.07, 6.45) is 8.82. The third-order valence-electron chi connectivity index (χ3n) is 3.48. The van der Waals surface area contributed by atoms with Crippen molar-refractivity contribution in [2.45, 2.75) is 52.1 Å². The fraction of sp³-hybridized carbons (Fsp3) is 0.714. The molecule has 3 nitrogen and oxygen atoms in total. The van der Waals surface area contributed by atoms with E-state index in [9.17, 15) is 0 Å². The van der Waals surface area contributed by atoms with Crippen LogP contribution in [0.1, 0.15) is 45.2 Å². The second-order valence-corrected chi connectivity index (χ2v) is 5.98. The van der Waals surface area contributed by atoms with Crippen LogP contribution >= 0.6 is 11.6 Å². The maximum Gasteiger partial charge on any atom is 0.147 e. The summed E-state index contributed by atoms with van der Waals surface area (Å²) >= 11 is 5.77. The highest BCUT2D eigenvalue weighted by atomic mass is 35.5. The first-order chi connectivity index (χ1) is 8.65. The van der Waals surface area contributed by atoms with E-state index in [1.165, 1.54) is 25.7 Å². The van der Waals surface area contributed by atoms with Gasteiger partial charge in [-0.15, -0.1) is 0 Å². The Morgan fingerprint density at radius 2 is 2.00 bits per heavy atom. The largest absolute Gasteiger partial charge is 0.294 e. The van der Waals surface area contributed by atoms with Crippen LogP contribution in [0.3, 0.4) is 0 Å². The van der Waals surface area contributed by atoms with Crippen molar-refractivity contribution in [1.29, 1.82) is 0 Å². The maximum atomic E-state index is 5.77. The van der Waals surface area contributed by atoms with Crippen molar-refractivity contribution < 1.29 is 0 Å². The monoisotopic (exact) mass is 267 g/mol. The highest BCUT2D eigenvalue weighted by Crippen LogP contribution is 2.25. The van der Waals surface area contributed by atoms with Gasteiger partial charge in [0.15, 0.2) is 0 Å². The molecule has 0 spiro atoms. The van der Waals surface area contributed by atoms with Crippen LogP contribution in [0.2, 0.25) is 5.15 Å². The molecule has 1 aliphatic carbocycles. The molecule has 0 unspecified atom stereocenters. The van der Waals surface area contributed by atoms with Crippen molar-refractivity contribution in [1.82, 2.24) is 14.9 Å². The van der Waals surface area contributed by atoms with Gasteiger partial charge in [0, 0.05) is 19.1 Å². The van der Waals surface area contributed by atoms with E-state index in [1.807, 2.05) is 0 Å². The van der Waals surface area contributed by atoms with Crippen molar-refractivity contribution in [3.05, 3.63) is 23.2 Å². The zero-order valence-electron chi connectivity index (χ0n) is 11.3. The third kappa shape index (κ3) is 3.92. The average molecular weight is 268 g/mol. The van der Waals surface area contributed by atoms with E-state index in [0.29, 0.717) is 11.1 Å². The Morgan fingerprint density at radius 3 is 2.56 bits per heavy atom. The van der Waals surface area contributed by atoms with E-state index < -0.39 is 0 Å². The lowest BCUT2D eigenvalue weighted by Gasteiger charge is -2.29. The molecular weight excluding hydrogens is 246 g/mol. The first kappa shape index (κ1) is 13.8. The molecule has 4 heteroatoms. The normalized spacial score (nSPS) is 16.9. The van der Waals surface area contributed by atoms with Crippen LogP contribution in [-0.2, 0) is 6.54 Å². The van der Waals surface area contributed by atoms with Crippen LogP contribution in [0.15, 0.2) is 12.4 Å². The number of rotatable bonds is 5. The van der Waals surface area contributed by atoms with E-state index in [-0.39, 0.29) is 0 Å². The Bertz CT molecular complexity index is 358. The van der Waals surface area contributed by atoms with E-state index in [4.69, 9.17) is 11.6 Å². The molecule has 0 saturated heterocycles. The quantitative estimate of drug-likeness (QED) is 0.817. The smallest absolute Gasteiger partial charge is 0.147 e. The molecule has 1 fully saturated rings. The van der Waals surface area contributed by atoms with Gasteiger partial charge in [0.2, 0.25) is 0 Å². The SMILES string of the molecule is CC(C)CN(Cc1cnc(Cl)cn1)C1CCCC1. The minimum absolute atomic E-state index is 0.468. The molecule has 18 heavy (non-hydrogen) atoms. The molecule has 1 aromatic rings. The summed E-state index contributed by atoms with van der Waals surface area (Å²) in [4.78, 5) is 11.0. The average Bonchev–Trinajstić information content (AvgIpc) is 2.84. The highest BCUT2D eigenvalue weighted by molar-refractivity contribution is 6.29. The summed E-state index contributed by atoms with van der Waals surface area (Å²) in [5.41, 5.74) is 1.02. The first-order valence-electron chi connectivity index (χ1n) is 6.85. The molecule has 1 saturated carbocycles. The lowest BCUT2D eigenvalue weighted by atomic mass is 10.1. The molecule has 0 atom stereocenters. The zero-order chi connectivity index (χ0) is 13.0. The summed E-state index contributed by atoms with van der Waals surface area (Å²) in [5.74, 6) is 0.686.